The van der Waals surface area contributed by atoms with Crippen molar-refractivity contribution < 1.29 is 19.1 Å². The van der Waals surface area contributed by atoms with Gasteiger partial charge in [-0.3, -0.25) is 9.59 Å². The first-order chi connectivity index (χ1) is 21.7. The van der Waals surface area contributed by atoms with E-state index in [1.54, 1.807) is 0 Å². The van der Waals surface area contributed by atoms with Gasteiger partial charge in [0, 0.05) is 12.8 Å². The van der Waals surface area contributed by atoms with Gasteiger partial charge in [0.2, 0.25) is 0 Å². The van der Waals surface area contributed by atoms with Crippen LogP contribution in [0.2, 0.25) is 0 Å². The van der Waals surface area contributed by atoms with Gasteiger partial charge in [-0.15, -0.1) is 0 Å². The lowest BCUT2D eigenvalue weighted by Gasteiger charge is -2.28. The van der Waals surface area contributed by atoms with Crippen LogP contribution in [0.3, 0.4) is 0 Å². The maximum absolute atomic E-state index is 12.3. The van der Waals surface area contributed by atoms with Crippen LogP contribution in [0.5, 0.6) is 0 Å². The summed E-state index contributed by atoms with van der Waals surface area (Å²) in [6, 6.07) is 0. The third kappa shape index (κ3) is 26.8. The highest BCUT2D eigenvalue weighted by atomic mass is 16.6. The molecule has 0 amide bonds. The van der Waals surface area contributed by atoms with Gasteiger partial charge in [-0.1, -0.05) is 147 Å². The van der Waals surface area contributed by atoms with Crippen molar-refractivity contribution in [2.24, 2.45) is 0 Å². The van der Waals surface area contributed by atoms with Gasteiger partial charge in [0.1, 0.15) is 12.2 Å². The zero-order valence-electron chi connectivity index (χ0n) is 29.3. The van der Waals surface area contributed by atoms with E-state index in [-0.39, 0.29) is 24.1 Å². The number of ether oxygens (including phenoxy) is 2. The van der Waals surface area contributed by atoms with Gasteiger partial charge in [0.05, 0.1) is 0 Å². The largest absolute Gasteiger partial charge is 0.462 e. The second-order valence-electron chi connectivity index (χ2n) is 13.4. The normalized spacial score (nSPS) is 17.0. The molecular formula is C40H72O4. The number of hydrogen-bond donors (Lipinski definition) is 0. The lowest BCUT2D eigenvalue weighted by Crippen LogP contribution is -2.29. The number of rotatable bonds is 30. The first-order valence-corrected chi connectivity index (χ1v) is 19.3. The zero-order valence-corrected chi connectivity index (χ0v) is 29.3. The fourth-order valence-corrected chi connectivity index (χ4v) is 6.13. The molecule has 4 heteroatoms. The van der Waals surface area contributed by atoms with E-state index in [1.807, 2.05) is 0 Å². The lowest BCUT2D eigenvalue weighted by atomic mass is 9.95. The van der Waals surface area contributed by atoms with E-state index in [9.17, 15) is 9.59 Å². The van der Waals surface area contributed by atoms with Gasteiger partial charge < -0.3 is 9.47 Å². The average molecular weight is 617 g/mol. The van der Waals surface area contributed by atoms with Crippen LogP contribution in [0.15, 0.2) is 24.3 Å². The molecule has 0 aromatic carbocycles. The molecule has 1 fully saturated rings. The molecular weight excluding hydrogens is 544 g/mol. The van der Waals surface area contributed by atoms with Gasteiger partial charge in [0.15, 0.2) is 0 Å². The van der Waals surface area contributed by atoms with Gasteiger partial charge in [-0.05, 0) is 70.6 Å². The molecule has 0 saturated heterocycles. The van der Waals surface area contributed by atoms with E-state index >= 15 is 0 Å². The highest BCUT2D eigenvalue weighted by Gasteiger charge is 2.26. The van der Waals surface area contributed by atoms with Crippen molar-refractivity contribution in [1.29, 1.82) is 0 Å². The molecule has 1 aliphatic rings. The minimum atomic E-state index is -0.0569. The summed E-state index contributed by atoms with van der Waals surface area (Å²) in [5.74, 6) is -0.103. The minimum Gasteiger partial charge on any atom is -0.462 e. The molecule has 0 aliphatic heterocycles. The summed E-state index contributed by atoms with van der Waals surface area (Å²) in [7, 11) is 0. The second kappa shape index (κ2) is 31.4. The molecule has 1 saturated carbocycles. The highest BCUT2D eigenvalue weighted by Crippen LogP contribution is 2.25. The quantitative estimate of drug-likeness (QED) is 0.0457. The molecule has 0 unspecified atom stereocenters. The van der Waals surface area contributed by atoms with Crippen LogP contribution in [0.1, 0.15) is 206 Å². The number of hydrogen-bond acceptors (Lipinski definition) is 4. The summed E-state index contributed by atoms with van der Waals surface area (Å²) in [6.07, 6.45) is 43.6. The number of carbonyl (C=O) groups excluding carboxylic acids is 2. The Bertz CT molecular complexity index is 704. The Morgan fingerprint density at radius 2 is 0.773 bits per heavy atom. The summed E-state index contributed by atoms with van der Waals surface area (Å²) < 4.78 is 11.4. The first-order valence-electron chi connectivity index (χ1n) is 19.3. The Labute approximate surface area is 273 Å². The predicted octanol–water partition coefficient (Wildman–Crippen LogP) is 12.7. The molecule has 1 rings (SSSR count). The highest BCUT2D eigenvalue weighted by molar-refractivity contribution is 5.70. The molecule has 1 aliphatic carbocycles. The Morgan fingerprint density at radius 3 is 1.18 bits per heavy atom. The van der Waals surface area contributed by atoms with Crippen molar-refractivity contribution >= 4 is 11.9 Å². The first kappa shape index (κ1) is 40.4. The number of unbranched alkanes of at least 4 members (excludes halogenated alkanes) is 20. The Morgan fingerprint density at radius 1 is 0.455 bits per heavy atom. The smallest absolute Gasteiger partial charge is 0.306 e. The Hall–Kier alpha value is -1.58. The fraction of sp³-hybridized carbons (Fsp3) is 0.850. The van der Waals surface area contributed by atoms with Gasteiger partial charge in [0.25, 0.3) is 0 Å². The Balaban J connectivity index is 1.89. The van der Waals surface area contributed by atoms with Crippen molar-refractivity contribution in [1.82, 2.24) is 0 Å². The predicted molar refractivity (Wildman–Crippen MR) is 188 cm³/mol. The molecule has 0 aromatic rings. The molecule has 0 N–H and O–H groups in total. The van der Waals surface area contributed by atoms with Gasteiger partial charge in [-0.25, -0.2) is 0 Å². The molecule has 256 valence electrons. The van der Waals surface area contributed by atoms with Crippen LogP contribution < -0.4 is 0 Å². The van der Waals surface area contributed by atoms with Crippen molar-refractivity contribution in [2.75, 3.05) is 0 Å². The third-order valence-corrected chi connectivity index (χ3v) is 9.03. The van der Waals surface area contributed by atoms with Crippen molar-refractivity contribution in [3.8, 4) is 0 Å². The SMILES string of the molecule is CCCCC/C=C\C/C=C\CCCCCCCC(=O)OC1CCC(OC(=O)CCCCCCCCCCCCCCC)CC1. The second-order valence-corrected chi connectivity index (χ2v) is 13.4. The van der Waals surface area contributed by atoms with E-state index in [0.29, 0.717) is 12.8 Å². The summed E-state index contributed by atoms with van der Waals surface area (Å²) in [6.45, 7) is 4.52. The third-order valence-electron chi connectivity index (χ3n) is 9.03. The van der Waals surface area contributed by atoms with Crippen LogP contribution >= 0.6 is 0 Å². The zero-order chi connectivity index (χ0) is 31.8. The molecule has 44 heavy (non-hydrogen) atoms. The molecule has 0 radical (unpaired) electrons. The maximum atomic E-state index is 12.3. The monoisotopic (exact) mass is 617 g/mol. The van der Waals surface area contributed by atoms with E-state index in [0.717, 1.165) is 64.2 Å². The minimum absolute atomic E-state index is 0.00119. The van der Waals surface area contributed by atoms with Crippen molar-refractivity contribution in [2.45, 2.75) is 219 Å². The lowest BCUT2D eigenvalue weighted by molar-refractivity contribution is -0.158. The number of esters is 2. The molecule has 0 heterocycles. The fourth-order valence-electron chi connectivity index (χ4n) is 6.13. The van der Waals surface area contributed by atoms with Crippen LogP contribution in [0.25, 0.3) is 0 Å². The molecule has 0 spiro atoms. The van der Waals surface area contributed by atoms with Crippen molar-refractivity contribution in [3.63, 3.8) is 0 Å². The molecule has 0 atom stereocenters. The summed E-state index contributed by atoms with van der Waals surface area (Å²) in [4.78, 5) is 24.6. The van der Waals surface area contributed by atoms with Crippen LogP contribution in [-0.4, -0.2) is 24.1 Å². The number of allylic oxidation sites excluding steroid dienone is 4. The van der Waals surface area contributed by atoms with E-state index in [1.165, 1.54) is 116 Å². The van der Waals surface area contributed by atoms with Crippen LogP contribution in [0.4, 0.5) is 0 Å². The Kier molecular flexibility index (Phi) is 28.9. The average Bonchev–Trinajstić information content (AvgIpc) is 3.02. The van der Waals surface area contributed by atoms with E-state index < -0.39 is 0 Å². The van der Waals surface area contributed by atoms with Crippen LogP contribution in [0, 0.1) is 0 Å². The standard InChI is InChI=1S/C40H72O4/c1-3-5-7-9-11-13-15-17-18-20-22-24-26-28-30-32-40(42)44-38-35-33-37(34-36-38)43-39(41)31-29-27-25-23-21-19-16-14-12-10-8-6-4-2/h11,13,17-18,37-38H,3-10,12,14-16,19-36H2,1-2H3/b13-11-,18-17-. The van der Waals surface area contributed by atoms with E-state index in [2.05, 4.69) is 38.2 Å². The summed E-state index contributed by atoms with van der Waals surface area (Å²) >= 11 is 0. The van der Waals surface area contributed by atoms with E-state index in [4.69, 9.17) is 9.47 Å². The van der Waals surface area contributed by atoms with Crippen LogP contribution in [-0.2, 0) is 19.1 Å². The summed E-state index contributed by atoms with van der Waals surface area (Å²) in [5, 5.41) is 0. The van der Waals surface area contributed by atoms with Gasteiger partial charge >= 0.3 is 11.9 Å². The van der Waals surface area contributed by atoms with Gasteiger partial charge in [-0.2, -0.15) is 0 Å². The molecule has 4 nitrogen and oxygen atoms in total. The molecule has 0 aromatic heterocycles. The number of carbonyl (C=O) groups is 2. The maximum Gasteiger partial charge on any atom is 0.306 e. The topological polar surface area (TPSA) is 52.6 Å². The van der Waals surface area contributed by atoms with Crippen molar-refractivity contribution in [3.05, 3.63) is 24.3 Å². The molecule has 0 bridgehead atoms. The summed E-state index contributed by atoms with van der Waals surface area (Å²) in [5.41, 5.74) is 0.